The van der Waals surface area contributed by atoms with Gasteiger partial charge < -0.3 is 4.90 Å². The minimum absolute atomic E-state index is 0.197. The van der Waals surface area contributed by atoms with E-state index >= 15 is 0 Å². The van der Waals surface area contributed by atoms with E-state index in [9.17, 15) is 4.39 Å². The van der Waals surface area contributed by atoms with Crippen LogP contribution in [0.25, 0.3) is 0 Å². The van der Waals surface area contributed by atoms with Gasteiger partial charge in [0.2, 0.25) is 0 Å². The zero-order valence-corrected chi connectivity index (χ0v) is 11.4. The van der Waals surface area contributed by atoms with Gasteiger partial charge in [-0.05, 0) is 31.0 Å². The van der Waals surface area contributed by atoms with Crippen LogP contribution in [0.3, 0.4) is 0 Å². The lowest BCUT2D eigenvalue weighted by atomic mass is 10.2. The van der Waals surface area contributed by atoms with Crippen molar-refractivity contribution in [3.63, 3.8) is 0 Å². The summed E-state index contributed by atoms with van der Waals surface area (Å²) in [6.45, 7) is 1.90. The number of hydrogen-bond donors (Lipinski definition) is 0. The Labute approximate surface area is 103 Å². The van der Waals surface area contributed by atoms with E-state index in [2.05, 4.69) is 34.1 Å². The molecule has 84 valence electrons. The first kappa shape index (κ1) is 13.0. The number of hydrogen-bond acceptors (Lipinski definition) is 2. The summed E-state index contributed by atoms with van der Waals surface area (Å²) in [7, 11) is 2.08. The minimum Gasteiger partial charge on any atom is -0.301 e. The van der Waals surface area contributed by atoms with Crippen LogP contribution in [0.15, 0.2) is 22.7 Å². The quantitative estimate of drug-likeness (QED) is 0.818. The Bertz CT molecular complexity index is 319. The van der Waals surface area contributed by atoms with E-state index < -0.39 is 0 Å². The molecule has 15 heavy (non-hydrogen) atoms. The SMILES string of the molecule is CSCCN(C)Cc1ccc(F)cc1Br. The molecule has 0 atom stereocenters. The highest BCUT2D eigenvalue weighted by Gasteiger charge is 2.04. The molecule has 1 nitrogen and oxygen atoms in total. The van der Waals surface area contributed by atoms with Gasteiger partial charge in [-0.3, -0.25) is 0 Å². The molecule has 0 fully saturated rings. The van der Waals surface area contributed by atoms with Crippen LogP contribution < -0.4 is 0 Å². The lowest BCUT2D eigenvalue weighted by molar-refractivity contribution is 0.348. The highest BCUT2D eigenvalue weighted by atomic mass is 79.9. The molecule has 0 N–H and O–H groups in total. The summed E-state index contributed by atoms with van der Waals surface area (Å²) in [5, 5.41) is 0. The van der Waals surface area contributed by atoms with Gasteiger partial charge in [-0.15, -0.1) is 0 Å². The Hall–Kier alpha value is -0.0600. The van der Waals surface area contributed by atoms with Crippen molar-refractivity contribution in [2.75, 3.05) is 25.6 Å². The van der Waals surface area contributed by atoms with Gasteiger partial charge in [-0.2, -0.15) is 11.8 Å². The van der Waals surface area contributed by atoms with Crippen LogP contribution in [-0.4, -0.2) is 30.5 Å². The second-order valence-electron chi connectivity index (χ2n) is 3.47. The fourth-order valence-corrected chi connectivity index (χ4v) is 2.24. The van der Waals surface area contributed by atoms with Crippen LogP contribution in [-0.2, 0) is 6.54 Å². The Morgan fingerprint density at radius 1 is 1.47 bits per heavy atom. The summed E-state index contributed by atoms with van der Waals surface area (Å²) in [6, 6.07) is 4.84. The molecule has 1 rings (SSSR count). The number of nitrogens with zero attached hydrogens (tertiary/aromatic N) is 1. The topological polar surface area (TPSA) is 3.24 Å². The van der Waals surface area contributed by atoms with Crippen LogP contribution in [0.4, 0.5) is 4.39 Å². The van der Waals surface area contributed by atoms with E-state index in [1.54, 1.807) is 0 Å². The summed E-state index contributed by atoms with van der Waals surface area (Å²) < 4.78 is 13.7. The molecule has 0 radical (unpaired) electrons. The Kier molecular flexibility index (Phi) is 5.64. The maximum atomic E-state index is 12.8. The molecule has 0 aromatic heterocycles. The Balaban J connectivity index is 2.56. The van der Waals surface area contributed by atoms with E-state index in [0.717, 1.165) is 28.9 Å². The largest absolute Gasteiger partial charge is 0.301 e. The predicted molar refractivity (Wildman–Crippen MR) is 68.8 cm³/mol. The molecule has 0 unspecified atom stereocenters. The van der Waals surface area contributed by atoms with Gasteiger partial charge in [0.25, 0.3) is 0 Å². The highest BCUT2D eigenvalue weighted by molar-refractivity contribution is 9.10. The zero-order chi connectivity index (χ0) is 11.3. The molecular formula is C11H15BrFNS. The molecule has 0 amide bonds. The minimum atomic E-state index is -0.197. The van der Waals surface area contributed by atoms with Crippen LogP contribution >= 0.6 is 27.7 Å². The smallest absolute Gasteiger partial charge is 0.124 e. The van der Waals surface area contributed by atoms with E-state index in [0.29, 0.717) is 0 Å². The molecular weight excluding hydrogens is 277 g/mol. The maximum absolute atomic E-state index is 12.8. The standard InChI is InChI=1S/C11H15BrFNS/c1-14(5-6-15-2)8-9-3-4-10(13)7-11(9)12/h3-4,7H,5-6,8H2,1-2H3. The second-order valence-corrected chi connectivity index (χ2v) is 5.31. The second kappa shape index (κ2) is 6.51. The number of thioether (sulfide) groups is 1. The van der Waals surface area contributed by atoms with Gasteiger partial charge >= 0.3 is 0 Å². The molecule has 0 aliphatic heterocycles. The third kappa shape index (κ3) is 4.53. The van der Waals surface area contributed by atoms with Gasteiger partial charge in [0.1, 0.15) is 5.82 Å². The molecule has 0 aliphatic carbocycles. The maximum Gasteiger partial charge on any atom is 0.124 e. The van der Waals surface area contributed by atoms with Crippen molar-refractivity contribution < 1.29 is 4.39 Å². The summed E-state index contributed by atoms with van der Waals surface area (Å²) in [6.07, 6.45) is 2.10. The van der Waals surface area contributed by atoms with Crippen molar-refractivity contribution >= 4 is 27.7 Å². The number of rotatable bonds is 5. The van der Waals surface area contributed by atoms with Gasteiger partial charge in [-0.25, -0.2) is 4.39 Å². The number of benzene rings is 1. The Morgan fingerprint density at radius 2 is 2.20 bits per heavy atom. The van der Waals surface area contributed by atoms with E-state index in [4.69, 9.17) is 0 Å². The molecule has 0 spiro atoms. The number of halogens is 2. The third-order valence-electron chi connectivity index (χ3n) is 2.13. The van der Waals surface area contributed by atoms with Crippen LogP contribution in [0.1, 0.15) is 5.56 Å². The van der Waals surface area contributed by atoms with Crippen LogP contribution in [0.2, 0.25) is 0 Å². The molecule has 0 bridgehead atoms. The highest BCUT2D eigenvalue weighted by Crippen LogP contribution is 2.19. The summed E-state index contributed by atoms with van der Waals surface area (Å²) in [5.74, 6) is 0.923. The van der Waals surface area contributed by atoms with E-state index in [1.807, 2.05) is 17.8 Å². The summed E-state index contributed by atoms with van der Waals surface area (Å²) in [4.78, 5) is 2.23. The molecule has 1 aromatic carbocycles. The predicted octanol–water partition coefficient (Wildman–Crippen LogP) is 3.38. The average molecular weight is 292 g/mol. The van der Waals surface area contributed by atoms with E-state index in [-0.39, 0.29) is 5.82 Å². The molecule has 0 aliphatic rings. The first-order valence-corrected chi connectivity index (χ1v) is 6.93. The zero-order valence-electron chi connectivity index (χ0n) is 8.96. The molecule has 0 saturated heterocycles. The fraction of sp³-hybridized carbons (Fsp3) is 0.455. The van der Waals surface area contributed by atoms with Crippen LogP contribution in [0.5, 0.6) is 0 Å². The van der Waals surface area contributed by atoms with Crippen molar-refractivity contribution in [3.8, 4) is 0 Å². The average Bonchev–Trinajstić information content (AvgIpc) is 2.19. The molecule has 1 aromatic rings. The fourth-order valence-electron chi connectivity index (χ4n) is 1.27. The monoisotopic (exact) mass is 291 g/mol. The summed E-state index contributed by atoms with van der Waals surface area (Å²) >= 11 is 5.21. The van der Waals surface area contributed by atoms with Gasteiger partial charge in [0, 0.05) is 23.3 Å². The van der Waals surface area contributed by atoms with Gasteiger partial charge in [0.05, 0.1) is 0 Å². The van der Waals surface area contributed by atoms with Crippen molar-refractivity contribution in [1.29, 1.82) is 0 Å². The Morgan fingerprint density at radius 3 is 2.80 bits per heavy atom. The van der Waals surface area contributed by atoms with Gasteiger partial charge in [-0.1, -0.05) is 22.0 Å². The lowest BCUT2D eigenvalue weighted by Gasteiger charge is -2.16. The van der Waals surface area contributed by atoms with Crippen molar-refractivity contribution in [1.82, 2.24) is 4.90 Å². The van der Waals surface area contributed by atoms with Crippen molar-refractivity contribution in [3.05, 3.63) is 34.1 Å². The molecule has 0 saturated carbocycles. The lowest BCUT2D eigenvalue weighted by Crippen LogP contribution is -2.20. The van der Waals surface area contributed by atoms with Crippen molar-refractivity contribution in [2.24, 2.45) is 0 Å². The van der Waals surface area contributed by atoms with Gasteiger partial charge in [0.15, 0.2) is 0 Å². The first-order valence-electron chi connectivity index (χ1n) is 4.75. The molecule has 4 heteroatoms. The van der Waals surface area contributed by atoms with Crippen molar-refractivity contribution in [2.45, 2.75) is 6.54 Å². The van der Waals surface area contributed by atoms with E-state index in [1.165, 1.54) is 12.1 Å². The first-order chi connectivity index (χ1) is 7.13. The third-order valence-corrected chi connectivity index (χ3v) is 3.46. The normalized spacial score (nSPS) is 11.0. The summed E-state index contributed by atoms with van der Waals surface area (Å²) in [5.41, 5.74) is 1.13. The van der Waals surface area contributed by atoms with Crippen LogP contribution in [0, 0.1) is 5.82 Å². The molecule has 0 heterocycles.